The summed E-state index contributed by atoms with van der Waals surface area (Å²) in [6.07, 6.45) is 2.15. The van der Waals surface area contributed by atoms with Crippen molar-refractivity contribution in [1.82, 2.24) is 5.06 Å². The van der Waals surface area contributed by atoms with Crippen LogP contribution in [0.3, 0.4) is 0 Å². The number of benzene rings is 1. The van der Waals surface area contributed by atoms with Gasteiger partial charge in [0.15, 0.2) is 5.79 Å². The van der Waals surface area contributed by atoms with Crippen molar-refractivity contribution in [2.75, 3.05) is 13.2 Å². The molecule has 2 N–H and O–H groups in total. The molecule has 0 aliphatic carbocycles. The molecule has 2 atom stereocenters. The molecule has 2 unspecified atom stereocenters. The molecule has 2 saturated heterocycles. The van der Waals surface area contributed by atoms with Crippen LogP contribution in [-0.2, 0) is 9.57 Å². The molecule has 28 heavy (non-hydrogen) atoms. The zero-order chi connectivity index (χ0) is 20.6. The summed E-state index contributed by atoms with van der Waals surface area (Å²) >= 11 is 0. The van der Waals surface area contributed by atoms with Gasteiger partial charge in [-0.1, -0.05) is 26.0 Å². The van der Waals surface area contributed by atoms with Crippen molar-refractivity contribution in [2.45, 2.75) is 89.4 Å². The van der Waals surface area contributed by atoms with Gasteiger partial charge in [-0.2, -0.15) is 5.06 Å². The lowest BCUT2D eigenvalue weighted by Gasteiger charge is -2.58. The third-order valence-electron chi connectivity index (χ3n) is 6.08. The van der Waals surface area contributed by atoms with Gasteiger partial charge in [0.05, 0.1) is 12.1 Å². The minimum absolute atomic E-state index is 0.164. The van der Waals surface area contributed by atoms with Gasteiger partial charge >= 0.3 is 0 Å². The van der Waals surface area contributed by atoms with Crippen LogP contribution in [-0.4, -0.2) is 51.5 Å². The van der Waals surface area contributed by atoms with Crippen LogP contribution in [0.15, 0.2) is 24.3 Å². The van der Waals surface area contributed by atoms with Crippen molar-refractivity contribution in [3.63, 3.8) is 0 Å². The lowest BCUT2D eigenvalue weighted by molar-refractivity contribution is -0.360. The van der Waals surface area contributed by atoms with Crippen molar-refractivity contribution in [3.05, 3.63) is 29.8 Å². The first kappa shape index (κ1) is 21.5. The predicted octanol–water partition coefficient (Wildman–Crippen LogP) is 3.57. The maximum absolute atomic E-state index is 10.5. The molecule has 2 fully saturated rings. The molecule has 6 nitrogen and oxygen atoms in total. The summed E-state index contributed by atoms with van der Waals surface area (Å²) in [6, 6.07) is 7.95. The van der Waals surface area contributed by atoms with E-state index in [1.54, 1.807) is 0 Å². The second-order valence-electron chi connectivity index (χ2n) is 8.96. The lowest BCUT2D eigenvalue weighted by atomic mass is 9.73. The van der Waals surface area contributed by atoms with Crippen molar-refractivity contribution in [3.8, 4) is 5.75 Å². The Hall–Kier alpha value is -1.18. The molecular weight excluding hydrogens is 358 g/mol. The summed E-state index contributed by atoms with van der Waals surface area (Å²) in [5.41, 5.74) is 0.124. The molecule has 0 aromatic heterocycles. The fourth-order valence-corrected chi connectivity index (χ4v) is 4.52. The van der Waals surface area contributed by atoms with Gasteiger partial charge in [-0.05, 0) is 51.3 Å². The fraction of sp³-hybridized carbons (Fsp3) is 0.727. The van der Waals surface area contributed by atoms with Gasteiger partial charge in [0.2, 0.25) is 0 Å². The molecule has 158 valence electrons. The van der Waals surface area contributed by atoms with E-state index in [-0.39, 0.29) is 25.0 Å². The smallest absolute Gasteiger partial charge is 0.166 e. The Kier molecular flexibility index (Phi) is 6.09. The topological polar surface area (TPSA) is 74.7 Å². The molecule has 1 aromatic rings. The Morgan fingerprint density at radius 3 is 2.29 bits per heavy atom. The Balaban J connectivity index is 1.73. The number of rotatable bonds is 8. The van der Waals surface area contributed by atoms with Gasteiger partial charge in [-0.25, -0.2) is 0 Å². The Morgan fingerprint density at radius 1 is 1.14 bits per heavy atom. The number of hydroxylamine groups is 2. The summed E-state index contributed by atoms with van der Waals surface area (Å²) < 4.78 is 10.9. The molecule has 3 rings (SSSR count). The van der Waals surface area contributed by atoms with E-state index in [9.17, 15) is 10.2 Å². The first-order valence-electron chi connectivity index (χ1n) is 10.4. The maximum Gasteiger partial charge on any atom is 0.166 e. The number of nitrogens with zero attached hydrogens (tertiary/aromatic N) is 1. The predicted molar refractivity (Wildman–Crippen MR) is 107 cm³/mol. The SMILES string of the molecule is CCC1(CC)CC(O)(O)CC(C)(C)N1OC(C)c1ccc(OCC2CO2)cc1. The summed E-state index contributed by atoms with van der Waals surface area (Å²) in [4.78, 5) is 6.48. The van der Waals surface area contributed by atoms with Crippen molar-refractivity contribution in [1.29, 1.82) is 0 Å². The first-order chi connectivity index (χ1) is 13.1. The average Bonchev–Trinajstić information content (AvgIpc) is 3.45. The number of ether oxygens (including phenoxy) is 2. The standard InChI is InChI=1S/C22H35NO5/c1-6-21(7-2)15-22(24,25)14-20(4,5)23(21)28-16(3)17-8-10-18(11-9-17)26-12-19-13-27-19/h8-11,16,19,24-25H,6-7,12-15H2,1-5H3. The molecule has 0 bridgehead atoms. The molecule has 0 radical (unpaired) electrons. The fourth-order valence-electron chi connectivity index (χ4n) is 4.52. The molecule has 0 amide bonds. The second kappa shape index (κ2) is 7.92. The molecule has 6 heteroatoms. The molecule has 0 saturated carbocycles. The zero-order valence-electron chi connectivity index (χ0n) is 17.8. The highest BCUT2D eigenvalue weighted by Gasteiger charge is 2.55. The molecule has 2 aliphatic heterocycles. The zero-order valence-corrected chi connectivity index (χ0v) is 17.8. The highest BCUT2D eigenvalue weighted by Crippen LogP contribution is 2.47. The minimum atomic E-state index is -1.68. The van der Waals surface area contributed by atoms with Crippen LogP contribution in [0.1, 0.15) is 72.0 Å². The number of hydrogen-bond acceptors (Lipinski definition) is 6. The van der Waals surface area contributed by atoms with E-state index in [1.807, 2.05) is 50.1 Å². The van der Waals surface area contributed by atoms with Crippen LogP contribution in [0, 0.1) is 0 Å². The van der Waals surface area contributed by atoms with Crippen LogP contribution in [0.4, 0.5) is 0 Å². The van der Waals surface area contributed by atoms with E-state index < -0.39 is 16.9 Å². The Labute approximate surface area is 168 Å². The molecule has 1 aromatic carbocycles. The molecular formula is C22H35NO5. The van der Waals surface area contributed by atoms with E-state index in [2.05, 4.69) is 13.8 Å². The Bertz CT molecular complexity index is 649. The van der Waals surface area contributed by atoms with E-state index >= 15 is 0 Å². The number of aliphatic hydroxyl groups is 2. The lowest BCUT2D eigenvalue weighted by Crippen LogP contribution is -2.67. The van der Waals surface area contributed by atoms with Gasteiger partial charge in [-0.15, -0.1) is 0 Å². The van der Waals surface area contributed by atoms with Crippen molar-refractivity contribution >= 4 is 0 Å². The van der Waals surface area contributed by atoms with Gasteiger partial charge < -0.3 is 19.7 Å². The minimum Gasteiger partial charge on any atom is -0.491 e. The van der Waals surface area contributed by atoms with Gasteiger partial charge in [0.1, 0.15) is 24.6 Å². The monoisotopic (exact) mass is 393 g/mol. The van der Waals surface area contributed by atoms with E-state index in [0.717, 1.165) is 30.8 Å². The third-order valence-corrected chi connectivity index (χ3v) is 6.08. The highest BCUT2D eigenvalue weighted by molar-refractivity contribution is 5.28. The average molecular weight is 394 g/mol. The number of piperidine rings is 1. The number of hydrogen-bond donors (Lipinski definition) is 2. The van der Waals surface area contributed by atoms with Gasteiger partial charge in [-0.3, -0.25) is 4.84 Å². The van der Waals surface area contributed by atoms with Crippen LogP contribution in [0.5, 0.6) is 5.75 Å². The van der Waals surface area contributed by atoms with Crippen LogP contribution in [0.25, 0.3) is 0 Å². The van der Waals surface area contributed by atoms with E-state index in [4.69, 9.17) is 14.3 Å². The van der Waals surface area contributed by atoms with E-state index in [0.29, 0.717) is 6.61 Å². The normalized spacial score (nSPS) is 26.6. The third kappa shape index (κ3) is 4.69. The summed E-state index contributed by atoms with van der Waals surface area (Å²) in [6.45, 7) is 11.6. The summed E-state index contributed by atoms with van der Waals surface area (Å²) in [5, 5.41) is 22.9. The molecule has 2 heterocycles. The van der Waals surface area contributed by atoms with Gasteiger partial charge in [0, 0.05) is 18.4 Å². The first-order valence-corrected chi connectivity index (χ1v) is 10.4. The van der Waals surface area contributed by atoms with Crippen LogP contribution >= 0.6 is 0 Å². The van der Waals surface area contributed by atoms with Crippen molar-refractivity contribution in [2.24, 2.45) is 0 Å². The highest BCUT2D eigenvalue weighted by atomic mass is 16.7. The number of epoxide rings is 1. The Morgan fingerprint density at radius 2 is 1.75 bits per heavy atom. The summed E-state index contributed by atoms with van der Waals surface area (Å²) in [5.74, 6) is -0.852. The maximum atomic E-state index is 10.5. The summed E-state index contributed by atoms with van der Waals surface area (Å²) in [7, 11) is 0. The van der Waals surface area contributed by atoms with Crippen LogP contribution < -0.4 is 4.74 Å². The molecule has 0 spiro atoms. The largest absolute Gasteiger partial charge is 0.491 e. The van der Waals surface area contributed by atoms with Crippen molar-refractivity contribution < 1.29 is 24.5 Å². The van der Waals surface area contributed by atoms with E-state index in [1.165, 1.54) is 0 Å². The quantitative estimate of drug-likeness (QED) is 0.519. The molecule has 2 aliphatic rings. The second-order valence-corrected chi connectivity index (χ2v) is 8.96. The van der Waals surface area contributed by atoms with Gasteiger partial charge in [0.25, 0.3) is 0 Å². The van der Waals surface area contributed by atoms with Crippen LogP contribution in [0.2, 0.25) is 0 Å².